The standard InChI is InChI=1S/C12H17N3O2/c1-7(12(17)14-3)15-9-4-5-10(8(2)16)11(13)6-9/h4-7,15H,13H2,1-3H3,(H,14,17). The Morgan fingerprint density at radius 3 is 2.47 bits per heavy atom. The van der Waals surface area contributed by atoms with Gasteiger partial charge in [0.2, 0.25) is 5.91 Å². The number of carbonyl (C=O) groups excluding carboxylic acids is 2. The number of hydrogen-bond acceptors (Lipinski definition) is 4. The summed E-state index contributed by atoms with van der Waals surface area (Å²) in [6, 6.07) is 4.67. The smallest absolute Gasteiger partial charge is 0.241 e. The second-order valence-corrected chi connectivity index (χ2v) is 3.84. The molecule has 92 valence electrons. The summed E-state index contributed by atoms with van der Waals surface area (Å²) in [5.41, 5.74) is 7.35. The van der Waals surface area contributed by atoms with Crippen LogP contribution >= 0.6 is 0 Å². The molecule has 17 heavy (non-hydrogen) atoms. The molecule has 0 heterocycles. The van der Waals surface area contributed by atoms with Crippen LogP contribution in [0.25, 0.3) is 0 Å². The third-order valence-electron chi connectivity index (χ3n) is 2.45. The van der Waals surface area contributed by atoms with Gasteiger partial charge in [0.05, 0.1) is 0 Å². The van der Waals surface area contributed by atoms with Gasteiger partial charge in [-0.05, 0) is 32.0 Å². The van der Waals surface area contributed by atoms with E-state index < -0.39 is 0 Å². The highest BCUT2D eigenvalue weighted by atomic mass is 16.2. The van der Waals surface area contributed by atoms with E-state index in [1.807, 2.05) is 0 Å². The van der Waals surface area contributed by atoms with E-state index in [2.05, 4.69) is 10.6 Å². The number of anilines is 2. The SMILES string of the molecule is CNC(=O)C(C)Nc1ccc(C(C)=O)c(N)c1. The maximum Gasteiger partial charge on any atom is 0.241 e. The van der Waals surface area contributed by atoms with E-state index in [4.69, 9.17) is 5.73 Å². The van der Waals surface area contributed by atoms with Crippen molar-refractivity contribution in [1.29, 1.82) is 0 Å². The molecule has 0 saturated heterocycles. The lowest BCUT2D eigenvalue weighted by atomic mass is 10.1. The zero-order valence-corrected chi connectivity index (χ0v) is 10.2. The van der Waals surface area contributed by atoms with E-state index >= 15 is 0 Å². The molecule has 5 nitrogen and oxygen atoms in total. The highest BCUT2D eigenvalue weighted by molar-refractivity contribution is 5.99. The average Bonchev–Trinajstić information content (AvgIpc) is 2.27. The molecule has 0 radical (unpaired) electrons. The Kier molecular flexibility index (Phi) is 4.09. The molecule has 0 aliphatic heterocycles. The van der Waals surface area contributed by atoms with Gasteiger partial charge in [-0.25, -0.2) is 0 Å². The van der Waals surface area contributed by atoms with Crippen LogP contribution in [0.1, 0.15) is 24.2 Å². The van der Waals surface area contributed by atoms with Crippen LogP contribution in [0.15, 0.2) is 18.2 Å². The summed E-state index contributed by atoms with van der Waals surface area (Å²) in [6.07, 6.45) is 0. The molecule has 1 rings (SSSR count). The number of carbonyl (C=O) groups is 2. The molecule has 0 bridgehead atoms. The Labute approximate surface area is 100 Å². The Morgan fingerprint density at radius 1 is 1.35 bits per heavy atom. The van der Waals surface area contributed by atoms with Crippen LogP contribution in [0.3, 0.4) is 0 Å². The first-order valence-corrected chi connectivity index (χ1v) is 5.34. The number of nitrogens with one attached hydrogen (secondary N) is 2. The summed E-state index contributed by atoms with van der Waals surface area (Å²) in [6.45, 7) is 3.21. The maximum atomic E-state index is 11.3. The van der Waals surface area contributed by atoms with E-state index in [0.29, 0.717) is 16.9 Å². The van der Waals surface area contributed by atoms with E-state index in [0.717, 1.165) is 0 Å². The molecule has 1 amide bonds. The summed E-state index contributed by atoms with van der Waals surface area (Å²) >= 11 is 0. The quantitative estimate of drug-likeness (QED) is 0.537. The first-order chi connectivity index (χ1) is 7.95. The highest BCUT2D eigenvalue weighted by Gasteiger charge is 2.11. The Bertz CT molecular complexity index is 443. The van der Waals surface area contributed by atoms with Crippen molar-refractivity contribution >= 4 is 23.1 Å². The molecule has 1 unspecified atom stereocenters. The maximum absolute atomic E-state index is 11.3. The number of benzene rings is 1. The zero-order valence-electron chi connectivity index (χ0n) is 10.2. The largest absolute Gasteiger partial charge is 0.398 e. The van der Waals surface area contributed by atoms with Gasteiger partial charge in [0.25, 0.3) is 0 Å². The van der Waals surface area contributed by atoms with Crippen LogP contribution in [0, 0.1) is 0 Å². The number of amides is 1. The lowest BCUT2D eigenvalue weighted by Crippen LogP contribution is -2.35. The molecule has 0 saturated carbocycles. The second kappa shape index (κ2) is 5.34. The first-order valence-electron chi connectivity index (χ1n) is 5.34. The summed E-state index contributed by atoms with van der Waals surface area (Å²) in [4.78, 5) is 22.5. The summed E-state index contributed by atoms with van der Waals surface area (Å²) < 4.78 is 0. The van der Waals surface area contributed by atoms with Crippen LogP contribution in [-0.4, -0.2) is 24.8 Å². The average molecular weight is 235 g/mol. The van der Waals surface area contributed by atoms with Crippen molar-refractivity contribution < 1.29 is 9.59 Å². The van der Waals surface area contributed by atoms with E-state index in [-0.39, 0.29) is 17.7 Å². The summed E-state index contributed by atoms with van der Waals surface area (Å²) in [5, 5.41) is 5.54. The fourth-order valence-electron chi connectivity index (χ4n) is 1.51. The van der Waals surface area contributed by atoms with E-state index in [9.17, 15) is 9.59 Å². The van der Waals surface area contributed by atoms with Gasteiger partial charge in [0.15, 0.2) is 5.78 Å². The number of likely N-dealkylation sites (N-methyl/N-ethyl adjacent to an activating group) is 1. The summed E-state index contributed by atoms with van der Waals surface area (Å²) in [5.74, 6) is -0.187. The van der Waals surface area contributed by atoms with Crippen molar-refractivity contribution in [3.63, 3.8) is 0 Å². The van der Waals surface area contributed by atoms with Crippen LogP contribution in [0.2, 0.25) is 0 Å². The molecule has 1 atom stereocenters. The van der Waals surface area contributed by atoms with Crippen molar-refractivity contribution in [3.8, 4) is 0 Å². The van der Waals surface area contributed by atoms with E-state index in [1.54, 1.807) is 32.2 Å². The number of hydrogen-bond donors (Lipinski definition) is 3. The minimum atomic E-state index is -0.359. The van der Waals surface area contributed by atoms with Crippen LogP contribution in [0.5, 0.6) is 0 Å². The number of rotatable bonds is 4. The van der Waals surface area contributed by atoms with Crippen molar-refractivity contribution in [3.05, 3.63) is 23.8 Å². The van der Waals surface area contributed by atoms with Gasteiger partial charge < -0.3 is 16.4 Å². The molecule has 0 aromatic heterocycles. The third kappa shape index (κ3) is 3.21. The van der Waals surface area contributed by atoms with Gasteiger partial charge in [0, 0.05) is 24.0 Å². The van der Waals surface area contributed by atoms with Gasteiger partial charge in [0.1, 0.15) is 6.04 Å². The number of nitrogen functional groups attached to an aromatic ring is 1. The predicted molar refractivity (Wildman–Crippen MR) is 68.0 cm³/mol. The fraction of sp³-hybridized carbons (Fsp3) is 0.333. The summed E-state index contributed by atoms with van der Waals surface area (Å²) in [7, 11) is 1.58. The van der Waals surface area contributed by atoms with Gasteiger partial charge in [-0.3, -0.25) is 9.59 Å². The molecular formula is C12H17N3O2. The van der Waals surface area contributed by atoms with Crippen molar-refractivity contribution in [2.45, 2.75) is 19.9 Å². The topological polar surface area (TPSA) is 84.2 Å². The number of Topliss-reactive ketones (excluding diaryl/α,β-unsaturated/α-hetero) is 1. The first kappa shape index (κ1) is 13.0. The van der Waals surface area contributed by atoms with Gasteiger partial charge in [-0.1, -0.05) is 0 Å². The fourth-order valence-corrected chi connectivity index (χ4v) is 1.51. The molecule has 0 spiro atoms. The molecule has 1 aromatic carbocycles. The lowest BCUT2D eigenvalue weighted by Gasteiger charge is -2.14. The molecule has 0 aliphatic carbocycles. The van der Waals surface area contributed by atoms with Crippen LogP contribution < -0.4 is 16.4 Å². The lowest BCUT2D eigenvalue weighted by molar-refractivity contribution is -0.121. The van der Waals surface area contributed by atoms with Gasteiger partial charge in [-0.15, -0.1) is 0 Å². The van der Waals surface area contributed by atoms with Crippen LogP contribution in [-0.2, 0) is 4.79 Å². The molecule has 4 N–H and O–H groups in total. The Morgan fingerprint density at radius 2 is 2.00 bits per heavy atom. The van der Waals surface area contributed by atoms with E-state index in [1.165, 1.54) is 6.92 Å². The highest BCUT2D eigenvalue weighted by Crippen LogP contribution is 2.19. The zero-order chi connectivity index (χ0) is 13.0. The number of ketones is 1. The van der Waals surface area contributed by atoms with Crippen molar-refractivity contribution in [2.24, 2.45) is 0 Å². The van der Waals surface area contributed by atoms with Gasteiger partial charge >= 0.3 is 0 Å². The Balaban J connectivity index is 2.84. The minimum Gasteiger partial charge on any atom is -0.398 e. The van der Waals surface area contributed by atoms with Crippen molar-refractivity contribution in [2.75, 3.05) is 18.1 Å². The van der Waals surface area contributed by atoms with Crippen molar-refractivity contribution in [1.82, 2.24) is 5.32 Å². The molecule has 0 aliphatic rings. The molecule has 5 heteroatoms. The molecule has 0 fully saturated rings. The predicted octanol–water partition coefficient (Wildman–Crippen LogP) is 1.02. The second-order valence-electron chi connectivity index (χ2n) is 3.84. The number of nitrogens with two attached hydrogens (primary N) is 1. The molecule has 1 aromatic rings. The normalized spacial score (nSPS) is 11.7. The monoisotopic (exact) mass is 235 g/mol. The minimum absolute atomic E-state index is 0.0756. The molecular weight excluding hydrogens is 218 g/mol. The third-order valence-corrected chi connectivity index (χ3v) is 2.45. The Hall–Kier alpha value is -2.04. The van der Waals surface area contributed by atoms with Crippen LogP contribution in [0.4, 0.5) is 11.4 Å². The van der Waals surface area contributed by atoms with Gasteiger partial charge in [-0.2, -0.15) is 0 Å².